The van der Waals surface area contributed by atoms with Gasteiger partial charge in [-0.3, -0.25) is 0 Å². The molecule has 0 atom stereocenters. The van der Waals surface area contributed by atoms with Crippen LogP contribution in [0.3, 0.4) is 0 Å². The van der Waals surface area contributed by atoms with Gasteiger partial charge >= 0.3 is 0 Å². The molecule has 0 heterocycles. The third kappa shape index (κ3) is 9.80. The average molecular weight is 353 g/mol. The fourth-order valence-corrected chi connectivity index (χ4v) is 3.23. The molecule has 0 heteroatoms. The third-order valence-corrected chi connectivity index (χ3v) is 5.44. The topological polar surface area (TPSA) is 0 Å². The van der Waals surface area contributed by atoms with E-state index in [0.717, 1.165) is 17.8 Å². The van der Waals surface area contributed by atoms with Gasteiger partial charge in [-0.2, -0.15) is 0 Å². The van der Waals surface area contributed by atoms with Gasteiger partial charge in [0.1, 0.15) is 0 Å². The lowest BCUT2D eigenvalue weighted by Gasteiger charge is -2.28. The number of rotatable bonds is 1. The van der Waals surface area contributed by atoms with Gasteiger partial charge in [0, 0.05) is 0 Å². The Balaban J connectivity index is 0.000000197. The van der Waals surface area contributed by atoms with Crippen LogP contribution < -0.4 is 0 Å². The van der Waals surface area contributed by atoms with Gasteiger partial charge in [-0.15, -0.1) is 0 Å². The zero-order chi connectivity index (χ0) is 19.5. The van der Waals surface area contributed by atoms with Gasteiger partial charge < -0.3 is 0 Å². The van der Waals surface area contributed by atoms with Crippen molar-refractivity contribution in [3.8, 4) is 0 Å². The van der Waals surface area contributed by atoms with Crippen LogP contribution in [-0.4, -0.2) is 0 Å². The summed E-state index contributed by atoms with van der Waals surface area (Å²) in [5.41, 5.74) is 5.32. The van der Waals surface area contributed by atoms with E-state index in [-0.39, 0.29) is 0 Å². The molecule has 0 radical (unpaired) electrons. The van der Waals surface area contributed by atoms with E-state index in [1.165, 1.54) is 47.9 Å². The first-order chi connectivity index (χ1) is 12.3. The molecule has 1 fully saturated rings. The highest BCUT2D eigenvalue weighted by atomic mass is 14.3. The van der Waals surface area contributed by atoms with E-state index >= 15 is 0 Å². The first-order valence-electron chi connectivity index (χ1n) is 10.3. The number of hydrogen-bond acceptors (Lipinski definition) is 0. The van der Waals surface area contributed by atoms with E-state index in [1.807, 2.05) is 0 Å². The molecule has 0 amide bonds. The van der Waals surface area contributed by atoms with Crippen LogP contribution in [-0.2, 0) is 0 Å². The molecule has 3 rings (SSSR count). The summed E-state index contributed by atoms with van der Waals surface area (Å²) in [4.78, 5) is 0. The van der Waals surface area contributed by atoms with E-state index < -0.39 is 0 Å². The zero-order valence-corrected chi connectivity index (χ0v) is 18.2. The number of hydrogen-bond donors (Lipinski definition) is 0. The van der Waals surface area contributed by atoms with Crippen molar-refractivity contribution in [3.63, 3.8) is 0 Å². The van der Waals surface area contributed by atoms with Crippen molar-refractivity contribution < 1.29 is 0 Å². The summed E-state index contributed by atoms with van der Waals surface area (Å²) < 4.78 is 0. The lowest BCUT2D eigenvalue weighted by atomic mass is 9.78. The lowest BCUT2D eigenvalue weighted by Crippen LogP contribution is -2.16. The Bertz CT molecular complexity index is 495. The minimum atomic E-state index is 0.924. The monoisotopic (exact) mass is 352 g/mol. The van der Waals surface area contributed by atoms with E-state index in [2.05, 4.69) is 97.0 Å². The Morgan fingerprint density at radius 2 is 0.846 bits per heavy atom. The van der Waals surface area contributed by atoms with Crippen LogP contribution in [0.5, 0.6) is 0 Å². The number of aryl methyl sites for hydroxylation is 4. The highest BCUT2D eigenvalue weighted by Crippen LogP contribution is 2.32. The fraction of sp³-hybridized carbons (Fsp3) is 0.538. The van der Waals surface area contributed by atoms with Gasteiger partial charge in [-0.1, -0.05) is 104 Å². The first kappa shape index (κ1) is 22.5. The summed E-state index contributed by atoms with van der Waals surface area (Å²) in [5.74, 6) is 2.97. The Morgan fingerprint density at radius 1 is 0.577 bits per heavy atom. The van der Waals surface area contributed by atoms with Crippen molar-refractivity contribution in [2.24, 2.45) is 17.8 Å². The van der Waals surface area contributed by atoms with Crippen molar-refractivity contribution in [3.05, 3.63) is 70.8 Å². The van der Waals surface area contributed by atoms with Crippen LogP contribution in [0.4, 0.5) is 0 Å². The third-order valence-electron chi connectivity index (χ3n) is 5.44. The molecule has 2 aromatic rings. The molecule has 2 aromatic carbocycles. The lowest BCUT2D eigenvalue weighted by molar-refractivity contribution is 0.234. The molecular formula is C26H40. The average Bonchev–Trinajstić information content (AvgIpc) is 2.62. The molecule has 0 aromatic heterocycles. The molecule has 0 bridgehead atoms. The van der Waals surface area contributed by atoms with Gasteiger partial charge in [0.15, 0.2) is 0 Å². The highest BCUT2D eigenvalue weighted by molar-refractivity contribution is 5.20. The molecule has 0 aliphatic heterocycles. The van der Waals surface area contributed by atoms with Crippen molar-refractivity contribution in [2.75, 3.05) is 0 Å². The normalized spacial score (nSPS) is 19.1. The molecule has 144 valence electrons. The summed E-state index contributed by atoms with van der Waals surface area (Å²) >= 11 is 0. The molecule has 1 aliphatic rings. The van der Waals surface area contributed by atoms with E-state index in [4.69, 9.17) is 0 Å². The highest BCUT2D eigenvalue weighted by Gasteiger charge is 2.20. The van der Waals surface area contributed by atoms with E-state index in [9.17, 15) is 0 Å². The quantitative estimate of drug-likeness (QED) is 0.486. The maximum atomic E-state index is 2.39. The van der Waals surface area contributed by atoms with Gasteiger partial charge in [0.2, 0.25) is 0 Å². The van der Waals surface area contributed by atoms with Crippen molar-refractivity contribution in [2.45, 2.75) is 74.1 Å². The van der Waals surface area contributed by atoms with Crippen molar-refractivity contribution >= 4 is 0 Å². The smallest absolute Gasteiger partial charge is 0.0391 e. The van der Waals surface area contributed by atoms with E-state index in [1.54, 1.807) is 0 Å². The van der Waals surface area contributed by atoms with Crippen LogP contribution in [0, 0.1) is 45.4 Å². The zero-order valence-electron chi connectivity index (χ0n) is 18.2. The first-order valence-corrected chi connectivity index (χ1v) is 10.3. The molecular weight excluding hydrogens is 312 g/mol. The van der Waals surface area contributed by atoms with Crippen molar-refractivity contribution in [1.29, 1.82) is 0 Å². The van der Waals surface area contributed by atoms with Crippen LogP contribution in [0.2, 0.25) is 0 Å². The summed E-state index contributed by atoms with van der Waals surface area (Å²) in [6.45, 7) is 15.5. The van der Waals surface area contributed by atoms with Crippen LogP contribution in [0.25, 0.3) is 0 Å². The predicted molar refractivity (Wildman–Crippen MR) is 118 cm³/mol. The summed E-state index contributed by atoms with van der Waals surface area (Å²) in [6, 6.07) is 17.0. The second-order valence-corrected chi connectivity index (χ2v) is 8.57. The van der Waals surface area contributed by atoms with Crippen molar-refractivity contribution in [1.82, 2.24) is 0 Å². The molecule has 0 unspecified atom stereocenters. The Morgan fingerprint density at radius 3 is 1.08 bits per heavy atom. The standard InChI is InChI=1S/C10H20.2C8H10/c1-8(2)10-6-4-9(3)5-7-10;2*1-7-3-5-8(2)6-4-7/h8-10H,4-7H2,1-3H3;2*3-6H,1-2H3. The van der Waals surface area contributed by atoms with Gasteiger partial charge in [-0.25, -0.2) is 0 Å². The molecule has 0 saturated heterocycles. The summed E-state index contributed by atoms with van der Waals surface area (Å²) in [6.07, 6.45) is 5.92. The SMILES string of the molecule is CC1CCC(C(C)C)CC1.Cc1ccc(C)cc1.Cc1ccc(C)cc1. The molecule has 0 nitrogen and oxygen atoms in total. The minimum absolute atomic E-state index is 0.924. The molecule has 0 N–H and O–H groups in total. The maximum Gasteiger partial charge on any atom is -0.0391 e. The molecule has 1 saturated carbocycles. The Kier molecular flexibility index (Phi) is 10.3. The second kappa shape index (κ2) is 11.9. The van der Waals surface area contributed by atoms with Crippen LogP contribution in [0.1, 0.15) is 68.7 Å². The summed E-state index contributed by atoms with van der Waals surface area (Å²) in [5, 5.41) is 0. The molecule has 26 heavy (non-hydrogen) atoms. The predicted octanol–water partition coefficient (Wildman–Crippen LogP) is 8.08. The maximum absolute atomic E-state index is 2.39. The fourth-order valence-electron chi connectivity index (χ4n) is 3.23. The molecule has 0 spiro atoms. The minimum Gasteiger partial charge on any atom is -0.0625 e. The van der Waals surface area contributed by atoms with Gasteiger partial charge in [0.05, 0.1) is 0 Å². The largest absolute Gasteiger partial charge is 0.0625 e. The Labute approximate surface area is 163 Å². The van der Waals surface area contributed by atoms with Gasteiger partial charge in [-0.05, 0) is 58.3 Å². The molecule has 1 aliphatic carbocycles. The van der Waals surface area contributed by atoms with Crippen LogP contribution >= 0.6 is 0 Å². The number of benzene rings is 2. The van der Waals surface area contributed by atoms with Crippen LogP contribution in [0.15, 0.2) is 48.5 Å². The van der Waals surface area contributed by atoms with Gasteiger partial charge in [0.25, 0.3) is 0 Å². The van der Waals surface area contributed by atoms with E-state index in [0.29, 0.717) is 0 Å². The Hall–Kier alpha value is -1.56. The summed E-state index contributed by atoms with van der Waals surface area (Å²) in [7, 11) is 0. The second-order valence-electron chi connectivity index (χ2n) is 8.57.